The average molecular weight is 226 g/mol. The number of nitrogens with zero attached hydrogens (tertiary/aromatic N) is 2. The molecule has 3 heteroatoms. The highest BCUT2D eigenvalue weighted by Gasteiger charge is 2.29. The minimum atomic E-state index is 0.356. The third kappa shape index (κ3) is 2.96. The molecule has 0 aromatic heterocycles. The molecule has 2 rings (SSSR count). The van der Waals surface area contributed by atoms with Crippen LogP contribution in [0.25, 0.3) is 0 Å². The first kappa shape index (κ1) is 12.3. The van der Waals surface area contributed by atoms with Crippen molar-refractivity contribution in [3.05, 3.63) is 0 Å². The van der Waals surface area contributed by atoms with Crippen LogP contribution in [-0.2, 0) is 0 Å². The van der Waals surface area contributed by atoms with Gasteiger partial charge in [-0.3, -0.25) is 4.90 Å². The quantitative estimate of drug-likeness (QED) is 0.783. The van der Waals surface area contributed by atoms with Crippen molar-refractivity contribution in [1.29, 1.82) is 0 Å². The van der Waals surface area contributed by atoms with Crippen molar-refractivity contribution < 1.29 is 5.11 Å². The molecule has 2 saturated heterocycles. The van der Waals surface area contributed by atoms with Gasteiger partial charge in [0.15, 0.2) is 0 Å². The van der Waals surface area contributed by atoms with Crippen LogP contribution in [0.3, 0.4) is 0 Å². The van der Waals surface area contributed by atoms with Crippen LogP contribution in [-0.4, -0.2) is 60.8 Å². The molecular formula is C13H26N2O. The molecule has 0 aromatic rings. The Balaban J connectivity index is 1.88. The topological polar surface area (TPSA) is 26.7 Å². The average Bonchev–Trinajstić information content (AvgIpc) is 2.34. The van der Waals surface area contributed by atoms with Crippen molar-refractivity contribution in [1.82, 2.24) is 9.80 Å². The minimum Gasteiger partial charge on any atom is -0.395 e. The van der Waals surface area contributed by atoms with Crippen molar-refractivity contribution in [3.63, 3.8) is 0 Å². The van der Waals surface area contributed by atoms with Gasteiger partial charge >= 0.3 is 0 Å². The Kier molecular flexibility index (Phi) is 4.62. The Bertz CT molecular complexity index is 196. The zero-order valence-electron chi connectivity index (χ0n) is 10.6. The first-order valence-electron chi connectivity index (χ1n) is 6.84. The zero-order valence-corrected chi connectivity index (χ0v) is 10.6. The zero-order chi connectivity index (χ0) is 11.4. The van der Waals surface area contributed by atoms with Crippen LogP contribution in [0.5, 0.6) is 0 Å². The molecule has 94 valence electrons. The maximum atomic E-state index is 9.64. The van der Waals surface area contributed by atoms with Gasteiger partial charge in [-0.15, -0.1) is 0 Å². The SMILES string of the molecule is CN1CCC(C(CO)N2CCCCC2)CC1. The first-order valence-corrected chi connectivity index (χ1v) is 6.84. The molecule has 0 amide bonds. The van der Waals surface area contributed by atoms with Crippen LogP contribution in [0.1, 0.15) is 32.1 Å². The molecule has 1 N–H and O–H groups in total. The van der Waals surface area contributed by atoms with Gasteiger partial charge in [0.05, 0.1) is 6.61 Å². The molecule has 16 heavy (non-hydrogen) atoms. The smallest absolute Gasteiger partial charge is 0.0589 e. The predicted octanol–water partition coefficient (Wildman–Crippen LogP) is 1.17. The molecule has 0 radical (unpaired) electrons. The number of piperidine rings is 2. The van der Waals surface area contributed by atoms with Crippen LogP contribution in [0.2, 0.25) is 0 Å². The fraction of sp³-hybridized carbons (Fsp3) is 1.00. The van der Waals surface area contributed by atoms with E-state index in [1.165, 1.54) is 58.3 Å². The number of likely N-dealkylation sites (tertiary alicyclic amines) is 2. The van der Waals surface area contributed by atoms with E-state index in [-0.39, 0.29) is 0 Å². The van der Waals surface area contributed by atoms with Crippen LogP contribution in [0.15, 0.2) is 0 Å². The van der Waals surface area contributed by atoms with Crippen LogP contribution < -0.4 is 0 Å². The summed E-state index contributed by atoms with van der Waals surface area (Å²) in [6, 6.07) is 0.439. The van der Waals surface area contributed by atoms with Crippen molar-refractivity contribution >= 4 is 0 Å². The molecule has 1 unspecified atom stereocenters. The summed E-state index contributed by atoms with van der Waals surface area (Å²) in [4.78, 5) is 4.95. The first-order chi connectivity index (χ1) is 7.81. The number of hydrogen-bond donors (Lipinski definition) is 1. The van der Waals surface area contributed by atoms with Gasteiger partial charge in [0.1, 0.15) is 0 Å². The fourth-order valence-electron chi connectivity index (χ4n) is 3.23. The molecule has 0 aliphatic carbocycles. The van der Waals surface area contributed by atoms with E-state index in [9.17, 15) is 5.11 Å². The van der Waals surface area contributed by atoms with E-state index < -0.39 is 0 Å². The normalized spacial score (nSPS) is 28.1. The Hall–Kier alpha value is -0.120. The predicted molar refractivity (Wildman–Crippen MR) is 66.5 cm³/mol. The molecule has 2 aliphatic rings. The molecule has 2 fully saturated rings. The van der Waals surface area contributed by atoms with Gasteiger partial charge in [0, 0.05) is 6.04 Å². The molecule has 2 aliphatic heterocycles. The van der Waals surface area contributed by atoms with Crippen molar-refractivity contribution in [2.45, 2.75) is 38.1 Å². The minimum absolute atomic E-state index is 0.356. The lowest BCUT2D eigenvalue weighted by Gasteiger charge is -2.41. The lowest BCUT2D eigenvalue weighted by atomic mass is 9.88. The van der Waals surface area contributed by atoms with E-state index in [4.69, 9.17) is 0 Å². The standard InChI is InChI=1S/C13H26N2O/c1-14-9-5-12(6-10-14)13(11-16)15-7-3-2-4-8-15/h12-13,16H,2-11H2,1H3. The number of aliphatic hydroxyl groups excluding tert-OH is 1. The summed E-state index contributed by atoms with van der Waals surface area (Å²) in [7, 11) is 2.20. The molecule has 0 bridgehead atoms. The molecule has 0 aromatic carbocycles. The summed E-state index contributed by atoms with van der Waals surface area (Å²) in [6.45, 7) is 5.17. The number of aliphatic hydroxyl groups is 1. The van der Waals surface area contributed by atoms with Crippen molar-refractivity contribution in [2.24, 2.45) is 5.92 Å². The molecule has 3 nitrogen and oxygen atoms in total. The van der Waals surface area contributed by atoms with Gasteiger partial charge in [-0.25, -0.2) is 0 Å². The third-order valence-electron chi connectivity index (χ3n) is 4.35. The summed E-state index contributed by atoms with van der Waals surface area (Å²) in [5, 5.41) is 9.64. The summed E-state index contributed by atoms with van der Waals surface area (Å²) < 4.78 is 0. The van der Waals surface area contributed by atoms with E-state index in [0.29, 0.717) is 12.6 Å². The van der Waals surface area contributed by atoms with Crippen molar-refractivity contribution in [3.8, 4) is 0 Å². The van der Waals surface area contributed by atoms with E-state index in [1.54, 1.807) is 0 Å². The summed E-state index contributed by atoms with van der Waals surface area (Å²) in [5.41, 5.74) is 0. The van der Waals surface area contributed by atoms with Gasteiger partial charge in [-0.2, -0.15) is 0 Å². The second kappa shape index (κ2) is 5.99. The number of rotatable bonds is 3. The molecule has 0 spiro atoms. The van der Waals surface area contributed by atoms with Gasteiger partial charge in [-0.1, -0.05) is 6.42 Å². The van der Waals surface area contributed by atoms with Gasteiger partial charge in [0.2, 0.25) is 0 Å². The Labute approximate surface area is 99.4 Å². The number of hydrogen-bond acceptors (Lipinski definition) is 3. The lowest BCUT2D eigenvalue weighted by Crippen LogP contribution is -2.48. The molecule has 0 saturated carbocycles. The third-order valence-corrected chi connectivity index (χ3v) is 4.35. The Morgan fingerprint density at radius 1 is 1.06 bits per heavy atom. The fourth-order valence-corrected chi connectivity index (χ4v) is 3.23. The molecule has 1 atom stereocenters. The maximum absolute atomic E-state index is 9.64. The van der Waals surface area contributed by atoms with Gasteiger partial charge in [-0.05, 0) is 64.8 Å². The highest BCUT2D eigenvalue weighted by Crippen LogP contribution is 2.25. The second-order valence-electron chi connectivity index (χ2n) is 5.49. The lowest BCUT2D eigenvalue weighted by molar-refractivity contribution is 0.0408. The Morgan fingerprint density at radius 2 is 1.69 bits per heavy atom. The van der Waals surface area contributed by atoms with Crippen molar-refractivity contribution in [2.75, 3.05) is 39.8 Å². The highest BCUT2D eigenvalue weighted by atomic mass is 16.3. The largest absolute Gasteiger partial charge is 0.395 e. The molecule has 2 heterocycles. The summed E-state index contributed by atoms with van der Waals surface area (Å²) in [5.74, 6) is 0.722. The van der Waals surface area contributed by atoms with Crippen LogP contribution in [0, 0.1) is 5.92 Å². The monoisotopic (exact) mass is 226 g/mol. The highest BCUT2D eigenvalue weighted by molar-refractivity contribution is 4.84. The van der Waals surface area contributed by atoms with Crippen LogP contribution in [0.4, 0.5) is 0 Å². The maximum Gasteiger partial charge on any atom is 0.0589 e. The molecular weight excluding hydrogens is 200 g/mol. The van der Waals surface area contributed by atoms with Crippen LogP contribution >= 0.6 is 0 Å². The summed E-state index contributed by atoms with van der Waals surface area (Å²) in [6.07, 6.45) is 6.55. The van der Waals surface area contributed by atoms with Gasteiger partial charge < -0.3 is 10.0 Å². The van der Waals surface area contributed by atoms with E-state index in [2.05, 4.69) is 16.8 Å². The van der Waals surface area contributed by atoms with Gasteiger partial charge in [0.25, 0.3) is 0 Å². The van der Waals surface area contributed by atoms with E-state index in [0.717, 1.165) is 5.92 Å². The van der Waals surface area contributed by atoms with E-state index >= 15 is 0 Å². The summed E-state index contributed by atoms with van der Waals surface area (Å²) >= 11 is 0. The second-order valence-corrected chi connectivity index (χ2v) is 5.49. The Morgan fingerprint density at radius 3 is 2.25 bits per heavy atom. The van der Waals surface area contributed by atoms with E-state index in [1.807, 2.05) is 0 Å².